The normalized spacial score (nSPS) is 23.4. The van der Waals surface area contributed by atoms with E-state index in [2.05, 4.69) is 23.5 Å². The Morgan fingerprint density at radius 3 is 2.72 bits per heavy atom. The summed E-state index contributed by atoms with van der Waals surface area (Å²) >= 11 is 0. The van der Waals surface area contributed by atoms with Crippen molar-refractivity contribution >= 4 is 11.5 Å². The zero-order valence-electron chi connectivity index (χ0n) is 10.8. The van der Waals surface area contributed by atoms with Crippen molar-refractivity contribution in [2.45, 2.75) is 51.0 Å². The molecule has 1 heterocycles. The molecule has 0 bridgehead atoms. The molecule has 0 spiro atoms. The Balaban J connectivity index is 1.58. The molecule has 0 saturated heterocycles. The Morgan fingerprint density at radius 2 is 1.94 bits per heavy atom. The highest BCUT2D eigenvalue weighted by Crippen LogP contribution is 2.30. The van der Waals surface area contributed by atoms with Gasteiger partial charge in [-0.05, 0) is 17.5 Å². The van der Waals surface area contributed by atoms with Crippen LogP contribution in [0.25, 0.3) is 0 Å². The SMILES string of the molecule is O=C(CC1CCCCC1)C1Cc2ccccc2N1. The molecular weight excluding hydrogens is 222 g/mol. The molecule has 96 valence electrons. The second-order valence-corrected chi connectivity index (χ2v) is 5.73. The summed E-state index contributed by atoms with van der Waals surface area (Å²) in [5.41, 5.74) is 2.44. The fourth-order valence-corrected chi connectivity index (χ4v) is 3.31. The number of hydrogen-bond acceptors (Lipinski definition) is 2. The van der Waals surface area contributed by atoms with Gasteiger partial charge in [0, 0.05) is 18.5 Å². The summed E-state index contributed by atoms with van der Waals surface area (Å²) in [6.07, 6.45) is 8.16. The lowest BCUT2D eigenvalue weighted by Crippen LogP contribution is -2.29. The molecule has 3 rings (SSSR count). The van der Waals surface area contributed by atoms with Gasteiger partial charge in [-0.15, -0.1) is 0 Å². The van der Waals surface area contributed by atoms with Crippen LogP contribution in [-0.2, 0) is 11.2 Å². The number of nitrogens with one attached hydrogen (secondary N) is 1. The van der Waals surface area contributed by atoms with Crippen molar-refractivity contribution in [3.63, 3.8) is 0 Å². The smallest absolute Gasteiger partial charge is 0.155 e. The molecule has 0 amide bonds. The van der Waals surface area contributed by atoms with Crippen LogP contribution in [-0.4, -0.2) is 11.8 Å². The molecule has 1 aliphatic heterocycles. The van der Waals surface area contributed by atoms with Crippen molar-refractivity contribution in [3.8, 4) is 0 Å². The minimum atomic E-state index is 0.0318. The predicted molar refractivity (Wildman–Crippen MR) is 73.8 cm³/mol. The number of carbonyl (C=O) groups excluding carboxylic acids is 1. The first-order chi connectivity index (χ1) is 8.83. The number of fused-ring (bicyclic) bond motifs is 1. The number of ketones is 1. The lowest BCUT2D eigenvalue weighted by atomic mass is 9.84. The minimum Gasteiger partial charge on any atom is -0.375 e. The maximum absolute atomic E-state index is 12.3. The fourth-order valence-electron chi connectivity index (χ4n) is 3.31. The van der Waals surface area contributed by atoms with E-state index in [1.807, 2.05) is 6.07 Å². The van der Waals surface area contributed by atoms with Crippen LogP contribution in [0.15, 0.2) is 24.3 Å². The van der Waals surface area contributed by atoms with E-state index in [9.17, 15) is 4.79 Å². The fraction of sp³-hybridized carbons (Fsp3) is 0.562. The van der Waals surface area contributed by atoms with Gasteiger partial charge in [-0.3, -0.25) is 4.79 Å². The molecule has 1 N–H and O–H groups in total. The van der Waals surface area contributed by atoms with Gasteiger partial charge in [-0.2, -0.15) is 0 Å². The lowest BCUT2D eigenvalue weighted by molar-refractivity contribution is -0.120. The summed E-state index contributed by atoms with van der Waals surface area (Å²) in [5, 5.41) is 3.37. The molecule has 2 heteroatoms. The van der Waals surface area contributed by atoms with Crippen LogP contribution in [0.1, 0.15) is 44.1 Å². The number of benzene rings is 1. The van der Waals surface area contributed by atoms with Gasteiger partial charge in [0.2, 0.25) is 0 Å². The first kappa shape index (κ1) is 11.8. The predicted octanol–water partition coefficient (Wildman–Crippen LogP) is 3.56. The van der Waals surface area contributed by atoms with Gasteiger partial charge in [-0.1, -0.05) is 50.3 Å². The molecule has 1 fully saturated rings. The monoisotopic (exact) mass is 243 g/mol. The third kappa shape index (κ3) is 2.43. The Morgan fingerprint density at radius 1 is 1.17 bits per heavy atom. The van der Waals surface area contributed by atoms with E-state index in [0.29, 0.717) is 11.7 Å². The van der Waals surface area contributed by atoms with Crippen molar-refractivity contribution in [1.82, 2.24) is 0 Å². The van der Waals surface area contributed by atoms with Crippen molar-refractivity contribution in [2.24, 2.45) is 5.92 Å². The Bertz CT molecular complexity index is 409. The highest BCUT2D eigenvalue weighted by molar-refractivity contribution is 5.89. The van der Waals surface area contributed by atoms with E-state index >= 15 is 0 Å². The summed E-state index contributed by atoms with van der Waals surface area (Å²) < 4.78 is 0. The van der Waals surface area contributed by atoms with E-state index in [1.165, 1.54) is 37.7 Å². The lowest BCUT2D eigenvalue weighted by Gasteiger charge is -2.22. The molecular formula is C16H21NO. The van der Waals surface area contributed by atoms with Crippen LogP contribution in [0.5, 0.6) is 0 Å². The minimum absolute atomic E-state index is 0.0318. The standard InChI is InChI=1S/C16H21NO/c18-16(10-12-6-2-1-3-7-12)15-11-13-8-4-5-9-14(13)17-15/h4-5,8-9,12,15,17H,1-3,6-7,10-11H2. The first-order valence-corrected chi connectivity index (χ1v) is 7.20. The van der Waals surface area contributed by atoms with E-state index in [0.717, 1.165) is 18.5 Å². The van der Waals surface area contributed by atoms with E-state index in [-0.39, 0.29) is 6.04 Å². The molecule has 0 aromatic heterocycles. The molecule has 2 aliphatic rings. The highest BCUT2D eigenvalue weighted by Gasteiger charge is 2.28. The quantitative estimate of drug-likeness (QED) is 0.879. The Labute approximate surface area is 109 Å². The molecule has 0 radical (unpaired) electrons. The van der Waals surface area contributed by atoms with E-state index in [1.54, 1.807) is 0 Å². The van der Waals surface area contributed by atoms with E-state index in [4.69, 9.17) is 0 Å². The number of carbonyl (C=O) groups is 1. The van der Waals surface area contributed by atoms with Gasteiger partial charge >= 0.3 is 0 Å². The third-order valence-electron chi connectivity index (χ3n) is 4.37. The van der Waals surface area contributed by atoms with Gasteiger partial charge in [-0.25, -0.2) is 0 Å². The zero-order chi connectivity index (χ0) is 12.4. The summed E-state index contributed by atoms with van der Waals surface area (Å²) in [6.45, 7) is 0. The van der Waals surface area contributed by atoms with Crippen molar-refractivity contribution < 1.29 is 4.79 Å². The maximum Gasteiger partial charge on any atom is 0.155 e. The number of Topliss-reactive ketones (excluding diaryl/α,β-unsaturated/α-hetero) is 1. The van der Waals surface area contributed by atoms with Crippen LogP contribution in [0.4, 0.5) is 5.69 Å². The van der Waals surface area contributed by atoms with Gasteiger partial charge in [0.1, 0.15) is 0 Å². The highest BCUT2D eigenvalue weighted by atomic mass is 16.1. The van der Waals surface area contributed by atoms with E-state index < -0.39 is 0 Å². The van der Waals surface area contributed by atoms with Gasteiger partial charge in [0.05, 0.1) is 6.04 Å². The van der Waals surface area contributed by atoms with Crippen LogP contribution < -0.4 is 5.32 Å². The molecule has 1 aromatic carbocycles. The van der Waals surface area contributed by atoms with Crippen LogP contribution in [0.3, 0.4) is 0 Å². The average Bonchev–Trinajstić information content (AvgIpc) is 2.84. The number of hydrogen-bond donors (Lipinski definition) is 1. The maximum atomic E-state index is 12.3. The molecule has 1 atom stereocenters. The largest absolute Gasteiger partial charge is 0.375 e. The van der Waals surface area contributed by atoms with Crippen LogP contribution >= 0.6 is 0 Å². The van der Waals surface area contributed by atoms with Crippen LogP contribution in [0, 0.1) is 5.92 Å². The van der Waals surface area contributed by atoms with Crippen LogP contribution in [0.2, 0.25) is 0 Å². The molecule has 1 aliphatic carbocycles. The summed E-state index contributed by atoms with van der Waals surface area (Å²) in [4.78, 5) is 12.3. The molecule has 1 aromatic rings. The van der Waals surface area contributed by atoms with Gasteiger partial charge in [0.15, 0.2) is 5.78 Å². The molecule has 18 heavy (non-hydrogen) atoms. The molecule has 2 nitrogen and oxygen atoms in total. The second-order valence-electron chi connectivity index (χ2n) is 5.73. The number of anilines is 1. The molecule has 1 saturated carbocycles. The Kier molecular flexibility index (Phi) is 3.35. The molecule has 1 unspecified atom stereocenters. The summed E-state index contributed by atoms with van der Waals surface area (Å²) in [6, 6.07) is 8.30. The first-order valence-electron chi connectivity index (χ1n) is 7.20. The van der Waals surface area contributed by atoms with Crippen molar-refractivity contribution in [2.75, 3.05) is 5.32 Å². The Hall–Kier alpha value is -1.31. The topological polar surface area (TPSA) is 29.1 Å². The summed E-state index contributed by atoms with van der Waals surface area (Å²) in [5.74, 6) is 1.06. The van der Waals surface area contributed by atoms with Crippen molar-refractivity contribution in [1.29, 1.82) is 0 Å². The van der Waals surface area contributed by atoms with Gasteiger partial charge < -0.3 is 5.32 Å². The number of rotatable bonds is 3. The zero-order valence-corrected chi connectivity index (χ0v) is 10.8. The summed E-state index contributed by atoms with van der Waals surface area (Å²) in [7, 11) is 0. The number of para-hydroxylation sites is 1. The average molecular weight is 243 g/mol. The third-order valence-corrected chi connectivity index (χ3v) is 4.37. The van der Waals surface area contributed by atoms with Gasteiger partial charge in [0.25, 0.3) is 0 Å². The second kappa shape index (κ2) is 5.13. The van der Waals surface area contributed by atoms with Crippen molar-refractivity contribution in [3.05, 3.63) is 29.8 Å².